The Kier molecular flexibility index (Phi) is 15.9. The molecule has 0 fully saturated rings. The summed E-state index contributed by atoms with van der Waals surface area (Å²) in [5.74, 6) is -20.0. The number of aromatic nitrogens is 16. The van der Waals surface area contributed by atoms with Crippen molar-refractivity contribution >= 4 is 148 Å². The van der Waals surface area contributed by atoms with Crippen molar-refractivity contribution in [1.29, 1.82) is 0 Å². The fraction of sp³-hybridized carbons (Fsp3) is 0. The molecule has 8 aromatic carbocycles. The van der Waals surface area contributed by atoms with Crippen LogP contribution in [-0.4, -0.2) is 180 Å². The molecule has 4 aliphatic rings. The van der Waals surface area contributed by atoms with Crippen molar-refractivity contribution in [2.45, 2.75) is 0 Å². The van der Waals surface area contributed by atoms with Crippen LogP contribution in [0.2, 0.25) is 0 Å². The summed E-state index contributed by atoms with van der Waals surface area (Å²) >= 11 is 0. The van der Waals surface area contributed by atoms with Crippen molar-refractivity contribution < 1.29 is 118 Å². The van der Waals surface area contributed by atoms with Gasteiger partial charge in [0, 0.05) is 98.7 Å². The first-order valence-corrected chi connectivity index (χ1v) is 31.9. The van der Waals surface area contributed by atoms with Crippen LogP contribution in [-0.2, 0) is 19.5 Å². The summed E-state index contributed by atoms with van der Waals surface area (Å²) in [6, 6.07) is 36.3. The van der Waals surface area contributed by atoms with E-state index < -0.39 is 148 Å². The van der Waals surface area contributed by atoms with Gasteiger partial charge in [0.2, 0.25) is 0 Å². The Morgan fingerprint density at radius 2 is 0.450 bits per heavy atom. The summed E-state index contributed by atoms with van der Waals surface area (Å²) in [4.78, 5) is 195. The molecular formula is C74H34N16O20Zn. The van der Waals surface area contributed by atoms with Crippen molar-refractivity contribution in [2.24, 2.45) is 0 Å². The second-order valence-corrected chi connectivity index (χ2v) is 24.4. The minimum absolute atomic E-state index is 0. The first-order chi connectivity index (χ1) is 52.8. The Morgan fingerprint density at radius 3 is 0.721 bits per heavy atom. The van der Waals surface area contributed by atoms with Gasteiger partial charge >= 0.3 is 67.2 Å². The number of aromatic amines is 4. The zero-order valence-electron chi connectivity index (χ0n) is 55.3. The molecule has 111 heavy (non-hydrogen) atoms. The van der Waals surface area contributed by atoms with Crippen LogP contribution in [0.5, 0.6) is 0 Å². The molecule has 12 N–H and O–H groups in total. The minimum Gasteiger partial charge on any atom is -0.545 e. The molecule has 18 rings (SSSR count). The third-order valence-corrected chi connectivity index (χ3v) is 18.4. The quantitative estimate of drug-likeness (QED) is 0.0576. The average Bonchev–Trinajstić information content (AvgIpc) is 1.62. The predicted molar refractivity (Wildman–Crippen MR) is 376 cm³/mol. The van der Waals surface area contributed by atoms with Gasteiger partial charge in [-0.1, -0.05) is 121 Å². The molecule has 532 valence electrons. The van der Waals surface area contributed by atoms with Crippen LogP contribution < -0.4 is 10.2 Å². The predicted octanol–water partition coefficient (Wildman–Crippen LogP) is 8.05. The Bertz CT molecular complexity index is 6770. The van der Waals surface area contributed by atoms with E-state index in [1.807, 2.05) is 0 Å². The smallest absolute Gasteiger partial charge is 0.545 e. The Morgan fingerprint density at radius 1 is 0.234 bits per heavy atom. The molecule has 0 saturated heterocycles. The SMILES string of the molecule is O=C(O)c1cccc2c1-c1nc-2nc2[nH]c(nc3nc(nc4[nH]c(n1)c1c(C(=O)O)c(C(=O)O)c(C(=O)O)c(C(=O)[O-])c41)-c1ccccc1-3)c1ccccc21.O=C(O)c1cccc2c1-c1nc-2nc2[nH]c(nc3nc(nc4[nH]c(n1)c1c(C(=O)O)c(C(=O)O)c(C(=O)O)c(C(=O)[O-])c41)-c1ccccc1-3)c1ccccc21.[Zn+2]. The molecule has 37 heteroatoms. The van der Waals surface area contributed by atoms with E-state index in [1.54, 1.807) is 97.1 Å². The number of nitrogens with zero attached hydrogens (tertiary/aromatic N) is 12. The molecule has 0 saturated carbocycles. The average molecular weight is 1530 g/mol. The maximum absolute atomic E-state index is 13.0. The van der Waals surface area contributed by atoms with Crippen LogP contribution in [0, 0.1) is 0 Å². The van der Waals surface area contributed by atoms with E-state index in [2.05, 4.69) is 59.8 Å². The molecule has 0 spiro atoms. The third-order valence-electron chi connectivity index (χ3n) is 18.4. The molecule has 36 nitrogen and oxygen atoms in total. The normalized spacial score (nSPS) is 11.5. The molecule has 16 bridgehead atoms. The van der Waals surface area contributed by atoms with Gasteiger partial charge in [-0.2, -0.15) is 0 Å². The van der Waals surface area contributed by atoms with Crippen LogP contribution in [0.3, 0.4) is 0 Å². The van der Waals surface area contributed by atoms with Gasteiger partial charge in [-0.3, -0.25) is 0 Å². The van der Waals surface area contributed by atoms with Crippen LogP contribution in [0.4, 0.5) is 0 Å². The van der Waals surface area contributed by atoms with Gasteiger partial charge in [0.1, 0.15) is 45.2 Å². The Hall–Kier alpha value is -16.2. The number of rotatable bonds is 10. The zero-order valence-corrected chi connectivity index (χ0v) is 58.2. The maximum atomic E-state index is 13.0. The molecule has 0 aliphatic carbocycles. The first-order valence-electron chi connectivity index (χ1n) is 31.9. The number of carboxylic acid groups (broad SMARTS) is 10. The van der Waals surface area contributed by atoms with Crippen molar-refractivity contribution in [3.8, 4) is 91.1 Å². The topological polar surface area (TPSA) is 596 Å². The second kappa shape index (κ2) is 25.6. The van der Waals surface area contributed by atoms with Crippen molar-refractivity contribution in [3.63, 3.8) is 0 Å². The van der Waals surface area contributed by atoms with Crippen LogP contribution >= 0.6 is 0 Å². The molecular weight excluding hydrogens is 1500 g/mol. The summed E-state index contributed by atoms with van der Waals surface area (Å²) in [7, 11) is 0. The number of aromatic carboxylic acids is 10. The summed E-state index contributed by atoms with van der Waals surface area (Å²) in [6.07, 6.45) is 0. The second-order valence-electron chi connectivity index (χ2n) is 24.4. The molecule has 0 unspecified atom stereocenters. The van der Waals surface area contributed by atoms with E-state index >= 15 is 0 Å². The molecule has 14 aromatic rings. The number of H-pyrrole nitrogens is 4. The van der Waals surface area contributed by atoms with Crippen LogP contribution in [0.25, 0.3) is 179 Å². The van der Waals surface area contributed by atoms with E-state index in [1.165, 1.54) is 36.4 Å². The largest absolute Gasteiger partial charge is 2.00 e. The van der Waals surface area contributed by atoms with Crippen LogP contribution in [0.1, 0.15) is 104 Å². The monoisotopic (exact) mass is 1530 g/mol. The number of carbonyl (C=O) groups excluding carboxylic acids is 2. The van der Waals surface area contributed by atoms with Crippen molar-refractivity contribution in [1.82, 2.24) is 79.7 Å². The molecule has 0 atom stereocenters. The van der Waals surface area contributed by atoms with Crippen LogP contribution in [0.15, 0.2) is 133 Å². The molecule has 0 amide bonds. The van der Waals surface area contributed by atoms with Gasteiger partial charge < -0.3 is 80.6 Å². The van der Waals surface area contributed by atoms with Gasteiger partial charge in [0.25, 0.3) is 0 Å². The number of nitrogens with one attached hydrogen (secondary N) is 4. The number of hydrogen-bond donors (Lipinski definition) is 12. The molecule has 0 radical (unpaired) electrons. The fourth-order valence-corrected chi connectivity index (χ4v) is 14.0. The van der Waals surface area contributed by atoms with E-state index in [0.29, 0.717) is 55.1 Å². The molecule has 10 heterocycles. The third kappa shape index (κ3) is 10.7. The van der Waals surface area contributed by atoms with Crippen molar-refractivity contribution in [3.05, 3.63) is 189 Å². The summed E-state index contributed by atoms with van der Waals surface area (Å²) in [6.45, 7) is 0. The number of fused-ring (bicyclic) bond motifs is 40. The van der Waals surface area contributed by atoms with E-state index in [-0.39, 0.29) is 111 Å². The van der Waals surface area contributed by atoms with Gasteiger partial charge in [-0.25, -0.2) is 98.2 Å². The standard InChI is InChI=1S/2C37H18N8O10.Zn/c2*46-33(47)17-11-5-10-16-18(17)30-43-29(16)41-27-13-7-2-1-6-12(13)25(39-27)38-26-14-8-3-4-9-15(14)28(40-26)42-31-19-20(32(44-30)45-31)22(35(50)51)24(37(54)55)23(36(52)53)21(19)34(48)49;/h2*1-11H,(H,46,47)(H,48,49)(H,50,51)(H,52,53)(H,54,55)(H2,38,39,40,41,42,43,44,45);/q;;+2/p-2. The summed E-state index contributed by atoms with van der Waals surface area (Å²) < 4.78 is 0. The van der Waals surface area contributed by atoms with Gasteiger partial charge in [-0.05, 0) is 12.1 Å². The van der Waals surface area contributed by atoms with Gasteiger partial charge in [0.05, 0.1) is 56.4 Å². The summed E-state index contributed by atoms with van der Waals surface area (Å²) in [5, 5.41) is 108. The number of carboxylic acids is 10. The van der Waals surface area contributed by atoms with E-state index in [9.17, 15) is 99.0 Å². The number of benzene rings is 8. The van der Waals surface area contributed by atoms with Crippen molar-refractivity contribution in [2.75, 3.05) is 0 Å². The Labute approximate surface area is 623 Å². The maximum Gasteiger partial charge on any atom is 2.00 e. The van der Waals surface area contributed by atoms with Gasteiger partial charge in [-0.15, -0.1) is 0 Å². The number of carbonyl (C=O) groups is 10. The number of hydrogen-bond acceptors (Lipinski definition) is 24. The van der Waals surface area contributed by atoms with Gasteiger partial charge in [0.15, 0.2) is 46.6 Å². The Balaban J connectivity index is 0.000000167. The fourth-order valence-electron chi connectivity index (χ4n) is 14.0. The molecule has 4 aliphatic heterocycles. The van der Waals surface area contributed by atoms with E-state index in [4.69, 9.17) is 19.9 Å². The first kappa shape index (κ1) is 69.2. The zero-order chi connectivity index (χ0) is 76.9. The minimum atomic E-state index is -2.17. The molecule has 6 aromatic heterocycles. The van der Waals surface area contributed by atoms with E-state index in [0.717, 1.165) is 0 Å². The summed E-state index contributed by atoms with van der Waals surface area (Å²) in [5.41, 5.74) is -9.72.